The maximum absolute atomic E-state index is 5.83. The summed E-state index contributed by atoms with van der Waals surface area (Å²) in [5, 5.41) is 0. The zero-order chi connectivity index (χ0) is 13.1. The topological polar surface area (TPSA) is 9.23 Å². The zero-order valence-electron chi connectivity index (χ0n) is 11.8. The van der Waals surface area contributed by atoms with Crippen LogP contribution in [0.25, 0.3) is 5.76 Å². The van der Waals surface area contributed by atoms with E-state index in [2.05, 4.69) is 52.0 Å². The molecule has 96 valence electrons. The lowest BCUT2D eigenvalue weighted by atomic mass is 9.99. The van der Waals surface area contributed by atoms with Gasteiger partial charge in [0.15, 0.2) is 0 Å². The van der Waals surface area contributed by atoms with Crippen LogP contribution in [0.4, 0.5) is 0 Å². The summed E-state index contributed by atoms with van der Waals surface area (Å²) in [7, 11) is 0. The zero-order valence-corrected chi connectivity index (χ0v) is 11.8. The highest BCUT2D eigenvalue weighted by Crippen LogP contribution is 2.29. The van der Waals surface area contributed by atoms with Crippen LogP contribution in [-0.2, 0) is 4.74 Å². The van der Waals surface area contributed by atoms with Gasteiger partial charge in [0.2, 0.25) is 0 Å². The summed E-state index contributed by atoms with van der Waals surface area (Å²) in [6.45, 7) is 8.72. The highest BCUT2D eigenvalue weighted by molar-refractivity contribution is 5.64. The summed E-state index contributed by atoms with van der Waals surface area (Å²) in [5.41, 5.74) is 5.20. The third kappa shape index (κ3) is 2.84. The number of hydrogen-bond acceptors (Lipinski definition) is 1. The maximum atomic E-state index is 5.83. The number of ether oxygens (including phenoxy) is 1. The predicted octanol–water partition coefficient (Wildman–Crippen LogP) is 5.26. The lowest BCUT2D eigenvalue weighted by Crippen LogP contribution is -1.92. The minimum Gasteiger partial charge on any atom is -0.464 e. The van der Waals surface area contributed by atoms with Gasteiger partial charge in [-0.3, -0.25) is 0 Å². The number of allylic oxidation sites excluding steroid dienone is 2. The summed E-state index contributed by atoms with van der Waals surface area (Å²) in [4.78, 5) is 0. The third-order valence-electron chi connectivity index (χ3n) is 3.50. The van der Waals surface area contributed by atoms with Crippen molar-refractivity contribution in [2.45, 2.75) is 46.5 Å². The van der Waals surface area contributed by atoms with Crippen molar-refractivity contribution in [1.29, 1.82) is 0 Å². The van der Waals surface area contributed by atoms with Crippen LogP contribution < -0.4 is 0 Å². The van der Waals surface area contributed by atoms with Crippen molar-refractivity contribution in [3.63, 3.8) is 0 Å². The number of benzene rings is 1. The van der Waals surface area contributed by atoms with Crippen LogP contribution in [0, 0.1) is 0 Å². The summed E-state index contributed by atoms with van der Waals surface area (Å²) >= 11 is 0. The summed E-state index contributed by atoms with van der Waals surface area (Å²) in [6.07, 6.45) is 4.07. The van der Waals surface area contributed by atoms with Gasteiger partial charge in [-0.2, -0.15) is 0 Å². The Morgan fingerprint density at radius 2 is 1.67 bits per heavy atom. The molecule has 18 heavy (non-hydrogen) atoms. The van der Waals surface area contributed by atoms with Gasteiger partial charge in [-0.15, -0.1) is 0 Å². The van der Waals surface area contributed by atoms with Crippen molar-refractivity contribution in [2.24, 2.45) is 0 Å². The van der Waals surface area contributed by atoms with Crippen LogP contribution in [0.15, 0.2) is 41.7 Å². The Bertz CT molecular complexity index is 475. The fourth-order valence-corrected chi connectivity index (χ4v) is 2.15. The SMILES string of the molecule is CC1=COC(c2ccc(C(C)C)cc2)=C(C)CC1. The number of hydrogen-bond donors (Lipinski definition) is 0. The predicted molar refractivity (Wildman–Crippen MR) is 77.2 cm³/mol. The second kappa shape index (κ2) is 5.43. The molecule has 0 amide bonds. The van der Waals surface area contributed by atoms with Crippen LogP contribution in [0.5, 0.6) is 0 Å². The van der Waals surface area contributed by atoms with E-state index in [1.807, 2.05) is 6.26 Å². The van der Waals surface area contributed by atoms with Crippen LogP contribution in [0.2, 0.25) is 0 Å². The van der Waals surface area contributed by atoms with Gasteiger partial charge in [0.1, 0.15) is 5.76 Å². The van der Waals surface area contributed by atoms with Gasteiger partial charge in [0.25, 0.3) is 0 Å². The molecule has 1 heteroatoms. The molecule has 1 aromatic carbocycles. The number of rotatable bonds is 2. The van der Waals surface area contributed by atoms with Crippen molar-refractivity contribution in [3.05, 3.63) is 52.8 Å². The van der Waals surface area contributed by atoms with Crippen LogP contribution in [0.1, 0.15) is 57.6 Å². The first kappa shape index (κ1) is 12.9. The molecule has 0 saturated heterocycles. The van der Waals surface area contributed by atoms with Gasteiger partial charge in [-0.05, 0) is 49.3 Å². The van der Waals surface area contributed by atoms with Crippen molar-refractivity contribution >= 4 is 5.76 Å². The Hall–Kier alpha value is -1.50. The molecular weight excluding hydrogens is 220 g/mol. The molecule has 2 rings (SSSR count). The first-order chi connectivity index (χ1) is 8.58. The highest BCUT2D eigenvalue weighted by Gasteiger charge is 2.11. The van der Waals surface area contributed by atoms with Gasteiger partial charge in [-0.1, -0.05) is 38.1 Å². The molecular formula is C17H22O. The van der Waals surface area contributed by atoms with Crippen LogP contribution in [0.3, 0.4) is 0 Å². The third-order valence-corrected chi connectivity index (χ3v) is 3.50. The van der Waals surface area contributed by atoms with Gasteiger partial charge < -0.3 is 4.74 Å². The Labute approximate surface area is 110 Å². The first-order valence-electron chi connectivity index (χ1n) is 6.70. The Morgan fingerprint density at radius 1 is 1.00 bits per heavy atom. The minimum atomic E-state index is 0.575. The van der Waals surface area contributed by atoms with Gasteiger partial charge in [-0.25, -0.2) is 0 Å². The average Bonchev–Trinajstić information content (AvgIpc) is 2.52. The molecule has 0 N–H and O–H groups in total. The van der Waals surface area contributed by atoms with Gasteiger partial charge in [0, 0.05) is 5.56 Å². The quantitative estimate of drug-likeness (QED) is 0.687. The monoisotopic (exact) mass is 242 g/mol. The molecule has 0 aromatic heterocycles. The largest absolute Gasteiger partial charge is 0.464 e. The first-order valence-corrected chi connectivity index (χ1v) is 6.70. The van der Waals surface area contributed by atoms with Crippen molar-refractivity contribution in [3.8, 4) is 0 Å². The fourth-order valence-electron chi connectivity index (χ4n) is 2.15. The lowest BCUT2D eigenvalue weighted by Gasteiger charge is -2.11. The molecule has 1 aliphatic rings. The average molecular weight is 242 g/mol. The minimum absolute atomic E-state index is 0.575. The van der Waals surface area contributed by atoms with E-state index < -0.39 is 0 Å². The molecule has 0 radical (unpaired) electrons. The second-order valence-corrected chi connectivity index (χ2v) is 5.47. The molecule has 0 atom stereocenters. The Morgan fingerprint density at radius 3 is 2.28 bits per heavy atom. The highest BCUT2D eigenvalue weighted by atomic mass is 16.5. The second-order valence-electron chi connectivity index (χ2n) is 5.47. The summed E-state index contributed by atoms with van der Waals surface area (Å²) < 4.78 is 5.83. The molecule has 1 aliphatic heterocycles. The van der Waals surface area contributed by atoms with Gasteiger partial charge in [0.05, 0.1) is 6.26 Å². The van der Waals surface area contributed by atoms with E-state index in [4.69, 9.17) is 4.74 Å². The Kier molecular flexibility index (Phi) is 3.90. The normalized spacial score (nSPS) is 16.4. The summed E-state index contributed by atoms with van der Waals surface area (Å²) in [5.74, 6) is 1.61. The molecule has 1 aromatic rings. The Balaban J connectivity index is 2.29. The molecule has 0 unspecified atom stereocenters. The van der Waals surface area contributed by atoms with E-state index in [0.717, 1.165) is 18.6 Å². The van der Waals surface area contributed by atoms with E-state index in [1.165, 1.54) is 22.3 Å². The van der Waals surface area contributed by atoms with E-state index >= 15 is 0 Å². The van der Waals surface area contributed by atoms with E-state index in [0.29, 0.717) is 5.92 Å². The van der Waals surface area contributed by atoms with Gasteiger partial charge >= 0.3 is 0 Å². The van der Waals surface area contributed by atoms with Crippen molar-refractivity contribution in [1.82, 2.24) is 0 Å². The molecule has 1 nitrogen and oxygen atoms in total. The molecule has 0 spiro atoms. The molecule has 0 fully saturated rings. The molecule has 0 saturated carbocycles. The van der Waals surface area contributed by atoms with Crippen LogP contribution >= 0.6 is 0 Å². The van der Waals surface area contributed by atoms with Crippen molar-refractivity contribution < 1.29 is 4.74 Å². The molecule has 1 heterocycles. The van der Waals surface area contributed by atoms with E-state index in [9.17, 15) is 0 Å². The van der Waals surface area contributed by atoms with Crippen molar-refractivity contribution in [2.75, 3.05) is 0 Å². The maximum Gasteiger partial charge on any atom is 0.132 e. The molecule has 0 bridgehead atoms. The molecule has 0 aliphatic carbocycles. The van der Waals surface area contributed by atoms with E-state index in [1.54, 1.807) is 0 Å². The fraction of sp³-hybridized carbons (Fsp3) is 0.412. The van der Waals surface area contributed by atoms with Crippen LogP contribution in [-0.4, -0.2) is 0 Å². The van der Waals surface area contributed by atoms with E-state index in [-0.39, 0.29) is 0 Å². The lowest BCUT2D eigenvalue weighted by molar-refractivity contribution is 0.430. The standard InChI is InChI=1S/C17H22O/c1-12(2)15-7-9-16(10-8-15)17-14(4)6-5-13(3)11-18-17/h7-12H,5-6H2,1-4H3. The summed E-state index contributed by atoms with van der Waals surface area (Å²) in [6, 6.07) is 8.74. The smallest absolute Gasteiger partial charge is 0.132 e.